The Kier molecular flexibility index (Phi) is 5.86. The number of halogens is 1. The van der Waals surface area contributed by atoms with Gasteiger partial charge in [0.25, 0.3) is 11.8 Å². The Hall–Kier alpha value is -2.97. The zero-order chi connectivity index (χ0) is 21.2. The summed E-state index contributed by atoms with van der Waals surface area (Å²) in [4.78, 5) is 52.1. The van der Waals surface area contributed by atoms with Crippen molar-refractivity contribution in [2.45, 2.75) is 50.7 Å². The molecule has 0 bridgehead atoms. The summed E-state index contributed by atoms with van der Waals surface area (Å²) in [6.07, 6.45) is 2.67. The molecule has 3 rings (SSSR count). The Balaban J connectivity index is 1.59. The minimum absolute atomic E-state index is 0.226. The molecular weight excluding hydrogens is 381 g/mol. The number of anilines is 1. The van der Waals surface area contributed by atoms with Gasteiger partial charge in [0.1, 0.15) is 17.9 Å². The van der Waals surface area contributed by atoms with E-state index in [0.717, 1.165) is 30.2 Å². The second-order valence-electron chi connectivity index (χ2n) is 7.46. The Morgan fingerprint density at radius 1 is 1.24 bits per heavy atom. The van der Waals surface area contributed by atoms with Crippen molar-refractivity contribution in [1.82, 2.24) is 9.80 Å². The number of imide groups is 1. The zero-order valence-corrected chi connectivity index (χ0v) is 16.4. The number of hydrogen-bond acceptors (Lipinski definition) is 5. The van der Waals surface area contributed by atoms with Crippen molar-refractivity contribution in [3.8, 4) is 0 Å². The van der Waals surface area contributed by atoms with E-state index in [9.17, 15) is 23.6 Å². The van der Waals surface area contributed by atoms with Gasteiger partial charge in [-0.15, -0.1) is 0 Å². The lowest BCUT2D eigenvalue weighted by molar-refractivity contribution is -0.155. The monoisotopic (exact) mass is 405 g/mol. The molecule has 0 unspecified atom stereocenters. The van der Waals surface area contributed by atoms with E-state index in [4.69, 9.17) is 4.74 Å². The summed E-state index contributed by atoms with van der Waals surface area (Å²) in [6.45, 7) is 0.802. The quantitative estimate of drug-likeness (QED) is 0.599. The van der Waals surface area contributed by atoms with Gasteiger partial charge in [-0.2, -0.15) is 0 Å². The summed E-state index contributed by atoms with van der Waals surface area (Å²) >= 11 is 0. The third-order valence-electron chi connectivity index (χ3n) is 5.54. The van der Waals surface area contributed by atoms with E-state index in [1.54, 1.807) is 7.05 Å². The topological polar surface area (TPSA) is 96.0 Å². The molecule has 1 aromatic carbocycles. The van der Waals surface area contributed by atoms with Gasteiger partial charge in [-0.3, -0.25) is 19.3 Å². The van der Waals surface area contributed by atoms with Crippen LogP contribution in [0.1, 0.15) is 39.0 Å². The van der Waals surface area contributed by atoms with Gasteiger partial charge in [0, 0.05) is 12.7 Å². The maximum atomic E-state index is 13.2. The first-order chi connectivity index (χ1) is 13.7. The molecule has 8 nitrogen and oxygen atoms in total. The predicted octanol–water partition coefficient (Wildman–Crippen LogP) is 2.29. The number of benzene rings is 1. The highest BCUT2D eigenvalue weighted by Crippen LogP contribution is 2.39. The molecule has 2 aliphatic rings. The van der Waals surface area contributed by atoms with E-state index in [1.165, 1.54) is 30.0 Å². The highest BCUT2D eigenvalue weighted by Gasteiger charge is 2.56. The van der Waals surface area contributed by atoms with Crippen LogP contribution >= 0.6 is 0 Å². The van der Waals surface area contributed by atoms with Crippen LogP contribution in [0.5, 0.6) is 0 Å². The van der Waals surface area contributed by atoms with Gasteiger partial charge in [0.15, 0.2) is 6.10 Å². The zero-order valence-electron chi connectivity index (χ0n) is 16.4. The highest BCUT2D eigenvalue weighted by molar-refractivity contribution is 6.08. The summed E-state index contributed by atoms with van der Waals surface area (Å²) in [5, 5.41) is 2.44. The molecule has 1 aliphatic carbocycles. The fourth-order valence-corrected chi connectivity index (χ4v) is 3.90. The number of rotatable bonds is 5. The first kappa shape index (κ1) is 20.8. The van der Waals surface area contributed by atoms with Crippen LogP contribution in [0.2, 0.25) is 0 Å². The Morgan fingerprint density at radius 3 is 2.59 bits per heavy atom. The van der Waals surface area contributed by atoms with Crippen molar-refractivity contribution in [2.24, 2.45) is 0 Å². The van der Waals surface area contributed by atoms with Crippen molar-refractivity contribution in [1.29, 1.82) is 0 Å². The molecule has 1 saturated carbocycles. The van der Waals surface area contributed by atoms with Crippen LogP contribution in [0.4, 0.5) is 14.9 Å². The predicted molar refractivity (Wildman–Crippen MR) is 101 cm³/mol. The van der Waals surface area contributed by atoms with Crippen LogP contribution in [-0.2, 0) is 19.1 Å². The molecule has 0 radical (unpaired) electrons. The normalized spacial score (nSPS) is 19.4. The first-order valence-corrected chi connectivity index (χ1v) is 9.60. The van der Waals surface area contributed by atoms with Crippen LogP contribution in [0, 0.1) is 5.82 Å². The first-order valence-electron chi connectivity index (χ1n) is 9.60. The maximum absolute atomic E-state index is 13.2. The fourth-order valence-electron chi connectivity index (χ4n) is 3.90. The van der Waals surface area contributed by atoms with E-state index in [1.807, 2.05) is 0 Å². The minimum atomic E-state index is -1.18. The molecule has 2 fully saturated rings. The van der Waals surface area contributed by atoms with Gasteiger partial charge >= 0.3 is 12.0 Å². The average Bonchev–Trinajstić information content (AvgIpc) is 2.85. The largest absolute Gasteiger partial charge is 0.451 e. The van der Waals surface area contributed by atoms with Gasteiger partial charge in [-0.05, 0) is 38.0 Å². The van der Waals surface area contributed by atoms with Gasteiger partial charge in [-0.25, -0.2) is 9.18 Å². The molecule has 1 heterocycles. The van der Waals surface area contributed by atoms with Crippen LogP contribution in [-0.4, -0.2) is 58.8 Å². The van der Waals surface area contributed by atoms with E-state index >= 15 is 0 Å². The third kappa shape index (κ3) is 4.08. The summed E-state index contributed by atoms with van der Waals surface area (Å²) in [6, 6.07) is 4.76. The van der Waals surface area contributed by atoms with E-state index in [2.05, 4.69) is 5.32 Å². The van der Waals surface area contributed by atoms with Gasteiger partial charge < -0.3 is 15.0 Å². The number of esters is 1. The lowest BCUT2D eigenvalue weighted by atomic mass is 9.81. The van der Waals surface area contributed by atoms with Gasteiger partial charge in [0.2, 0.25) is 0 Å². The Bertz CT molecular complexity index is 837. The molecule has 29 heavy (non-hydrogen) atoms. The van der Waals surface area contributed by atoms with Crippen molar-refractivity contribution in [3.05, 3.63) is 30.1 Å². The number of urea groups is 1. The summed E-state index contributed by atoms with van der Waals surface area (Å²) in [7, 11) is 1.58. The number of carbonyl (C=O) groups excluding carboxylic acids is 4. The summed E-state index contributed by atoms with van der Waals surface area (Å²) in [5.41, 5.74) is -0.653. The molecule has 1 N–H and O–H groups in total. The smallest absolute Gasteiger partial charge is 0.327 e. The van der Waals surface area contributed by atoms with Crippen LogP contribution in [0.25, 0.3) is 0 Å². The average molecular weight is 405 g/mol. The van der Waals surface area contributed by atoms with E-state index < -0.39 is 47.8 Å². The fraction of sp³-hybridized carbons (Fsp3) is 0.500. The minimum Gasteiger partial charge on any atom is -0.451 e. The maximum Gasteiger partial charge on any atom is 0.327 e. The van der Waals surface area contributed by atoms with Crippen LogP contribution < -0.4 is 5.32 Å². The lowest BCUT2D eigenvalue weighted by Crippen LogP contribution is -2.49. The van der Waals surface area contributed by atoms with Crippen LogP contribution in [0.15, 0.2) is 24.3 Å². The molecule has 1 aliphatic heterocycles. The van der Waals surface area contributed by atoms with Crippen LogP contribution in [0.3, 0.4) is 0 Å². The molecule has 1 atom stereocenters. The molecule has 9 heteroatoms. The molecule has 156 valence electrons. The Labute approximate surface area is 168 Å². The number of nitrogens with one attached hydrogen (secondary N) is 1. The van der Waals surface area contributed by atoms with Gasteiger partial charge in [-0.1, -0.05) is 25.3 Å². The number of carbonyl (C=O) groups is 4. The molecule has 1 aromatic rings. The SMILES string of the molecule is C[C@H](OC(=O)CN1C(=O)N(C)C2(CCCCC2)C1=O)C(=O)Nc1cccc(F)c1. The molecule has 1 saturated heterocycles. The summed E-state index contributed by atoms with van der Waals surface area (Å²) in [5.74, 6) is -2.42. The number of ether oxygens (including phenoxy) is 1. The standard InChI is InChI=1S/C20H24FN3O5/c1-13(17(26)22-15-8-6-7-14(21)11-15)29-16(25)12-24-18(27)20(23(2)19(24)28)9-4-3-5-10-20/h6-8,11,13H,3-5,9-10,12H2,1-2H3,(H,22,26)/t13-/m0/s1. The van der Waals surface area contributed by atoms with E-state index in [0.29, 0.717) is 12.8 Å². The highest BCUT2D eigenvalue weighted by atomic mass is 19.1. The molecular formula is C20H24FN3O5. The van der Waals surface area contributed by atoms with Crippen molar-refractivity contribution < 1.29 is 28.3 Å². The number of nitrogens with zero attached hydrogens (tertiary/aromatic N) is 2. The number of amides is 4. The Morgan fingerprint density at radius 2 is 1.93 bits per heavy atom. The summed E-state index contributed by atoms with van der Waals surface area (Å²) < 4.78 is 18.3. The van der Waals surface area contributed by atoms with Crippen molar-refractivity contribution >= 4 is 29.5 Å². The second-order valence-corrected chi connectivity index (χ2v) is 7.46. The van der Waals surface area contributed by atoms with Gasteiger partial charge in [0.05, 0.1) is 0 Å². The molecule has 1 spiro atoms. The third-order valence-corrected chi connectivity index (χ3v) is 5.54. The lowest BCUT2D eigenvalue weighted by Gasteiger charge is -2.35. The van der Waals surface area contributed by atoms with Crippen molar-refractivity contribution in [2.75, 3.05) is 18.9 Å². The second kappa shape index (κ2) is 8.18. The number of likely N-dealkylation sites (N-methyl/N-ethyl adjacent to an activating group) is 1. The molecule has 0 aromatic heterocycles. The molecule has 4 amide bonds. The number of hydrogen-bond donors (Lipinski definition) is 1. The van der Waals surface area contributed by atoms with E-state index in [-0.39, 0.29) is 5.69 Å². The van der Waals surface area contributed by atoms with Crippen molar-refractivity contribution in [3.63, 3.8) is 0 Å².